The van der Waals surface area contributed by atoms with Crippen LogP contribution >= 0.6 is 7.14 Å². The third-order valence-corrected chi connectivity index (χ3v) is 8.28. The quantitative estimate of drug-likeness (QED) is 0.548. The van der Waals surface area contributed by atoms with Crippen LogP contribution in [0.5, 0.6) is 23.0 Å². The fraction of sp³-hybridized carbons (Fsp3) is 0.364. The van der Waals surface area contributed by atoms with Crippen LogP contribution in [0.3, 0.4) is 0 Å². The maximum absolute atomic E-state index is 14.4. The number of rotatable bonds is 8. The summed E-state index contributed by atoms with van der Waals surface area (Å²) < 4.78 is 35.6. The van der Waals surface area contributed by atoms with Crippen molar-refractivity contribution in [2.75, 3.05) is 28.4 Å². The van der Waals surface area contributed by atoms with Gasteiger partial charge in [0.1, 0.15) is 34.1 Å². The Morgan fingerprint density at radius 1 is 0.667 bits per heavy atom. The van der Waals surface area contributed by atoms with E-state index in [0.29, 0.717) is 0 Å². The van der Waals surface area contributed by atoms with E-state index in [2.05, 4.69) is 0 Å². The Kier molecular flexibility index (Phi) is 6.99. The number of methoxy groups -OCH3 is 4. The summed E-state index contributed by atoms with van der Waals surface area (Å²) in [4.78, 5) is 27.5. The Bertz CT molecular complexity index is 889. The maximum atomic E-state index is 14.4. The highest BCUT2D eigenvalue weighted by molar-refractivity contribution is 7.96. The van der Waals surface area contributed by atoms with Crippen molar-refractivity contribution >= 4 is 18.2 Å². The van der Waals surface area contributed by atoms with Gasteiger partial charge >= 0.3 is 0 Å². The van der Waals surface area contributed by atoms with Crippen molar-refractivity contribution in [3.8, 4) is 23.0 Å². The number of ether oxygens (including phenoxy) is 4. The summed E-state index contributed by atoms with van der Waals surface area (Å²) in [5.41, 5.74) is -1.77. The first-order valence-corrected chi connectivity index (χ1v) is 10.9. The SMILES string of the molecule is COc1cccc(OC)c1C(=O)P(=O)(C(=O)c1c(OC)cccc1OC)C(C)(C)C. The summed E-state index contributed by atoms with van der Waals surface area (Å²) in [5, 5.41) is -1.20. The van der Waals surface area contributed by atoms with Crippen molar-refractivity contribution < 1.29 is 33.1 Å². The van der Waals surface area contributed by atoms with Crippen LogP contribution in [0.4, 0.5) is 0 Å². The van der Waals surface area contributed by atoms with Gasteiger partial charge in [0.2, 0.25) is 18.2 Å². The molecule has 2 aromatic rings. The molecule has 0 aliphatic heterocycles. The molecule has 0 radical (unpaired) electrons. The molecular formula is C22H27O7P. The predicted octanol–water partition coefficient (Wildman–Crippen LogP) is 4.86. The first kappa shape index (κ1) is 23.5. The van der Waals surface area contributed by atoms with E-state index in [0.717, 1.165) is 0 Å². The van der Waals surface area contributed by atoms with Crippen LogP contribution in [0.2, 0.25) is 0 Å². The monoisotopic (exact) mass is 434 g/mol. The third kappa shape index (κ3) is 3.82. The zero-order chi connectivity index (χ0) is 22.7. The van der Waals surface area contributed by atoms with E-state index in [1.54, 1.807) is 57.2 Å². The Balaban J connectivity index is 2.84. The van der Waals surface area contributed by atoms with Crippen LogP contribution in [0.25, 0.3) is 0 Å². The van der Waals surface area contributed by atoms with Crippen molar-refractivity contribution in [2.45, 2.75) is 25.9 Å². The van der Waals surface area contributed by atoms with Crippen LogP contribution in [0.15, 0.2) is 36.4 Å². The summed E-state index contributed by atoms with van der Waals surface area (Å²) in [5.74, 6) is 0.680. The van der Waals surface area contributed by atoms with Gasteiger partial charge in [-0.15, -0.1) is 0 Å². The molecule has 8 heteroatoms. The topological polar surface area (TPSA) is 88.1 Å². The van der Waals surface area contributed by atoms with Gasteiger partial charge in [-0.3, -0.25) is 9.59 Å². The molecule has 0 aliphatic rings. The van der Waals surface area contributed by atoms with E-state index < -0.39 is 23.3 Å². The second-order valence-electron chi connectivity index (χ2n) is 7.47. The Morgan fingerprint density at radius 2 is 0.933 bits per heavy atom. The first-order valence-electron chi connectivity index (χ1n) is 9.20. The highest BCUT2D eigenvalue weighted by Gasteiger charge is 2.53. The van der Waals surface area contributed by atoms with Crippen LogP contribution < -0.4 is 18.9 Å². The molecule has 0 N–H and O–H groups in total. The minimum Gasteiger partial charge on any atom is -0.496 e. The largest absolute Gasteiger partial charge is 0.496 e. The van der Waals surface area contributed by atoms with Crippen molar-refractivity contribution in [3.63, 3.8) is 0 Å². The zero-order valence-corrected chi connectivity index (χ0v) is 19.2. The van der Waals surface area contributed by atoms with Crippen molar-refractivity contribution in [2.24, 2.45) is 0 Å². The van der Waals surface area contributed by atoms with E-state index in [4.69, 9.17) is 18.9 Å². The molecule has 0 aromatic heterocycles. The molecule has 0 saturated heterocycles. The predicted molar refractivity (Wildman–Crippen MR) is 115 cm³/mol. The average molecular weight is 434 g/mol. The van der Waals surface area contributed by atoms with E-state index >= 15 is 0 Å². The molecule has 0 unspecified atom stereocenters. The fourth-order valence-corrected chi connectivity index (χ4v) is 5.61. The van der Waals surface area contributed by atoms with Crippen molar-refractivity contribution in [1.29, 1.82) is 0 Å². The standard InChI is InChI=1S/C22H27O7P/c1-22(2,3)30(25,20(23)18-14(26-4)10-8-11-15(18)27-5)21(24)19-16(28-6)12-9-13-17(19)29-7/h8-13H,1-7H3. The van der Waals surface area contributed by atoms with Crippen molar-refractivity contribution in [1.82, 2.24) is 0 Å². The summed E-state index contributed by atoms with van der Waals surface area (Å²) in [6.45, 7) is 4.77. The van der Waals surface area contributed by atoms with Gasteiger partial charge in [-0.05, 0) is 24.3 Å². The fourth-order valence-electron chi connectivity index (χ4n) is 3.14. The Labute approximate surface area is 176 Å². The molecule has 2 aromatic carbocycles. The molecule has 0 atom stereocenters. The van der Waals surface area contributed by atoms with Crippen LogP contribution in [0.1, 0.15) is 41.5 Å². The van der Waals surface area contributed by atoms with Gasteiger partial charge in [0, 0.05) is 5.16 Å². The lowest BCUT2D eigenvalue weighted by Gasteiger charge is -2.30. The Morgan fingerprint density at radius 3 is 1.13 bits per heavy atom. The number of hydrogen-bond donors (Lipinski definition) is 0. The lowest BCUT2D eigenvalue weighted by molar-refractivity contribution is 0.102. The molecule has 0 aliphatic carbocycles. The third-order valence-electron chi connectivity index (χ3n) is 4.80. The minimum atomic E-state index is -4.29. The van der Waals surface area contributed by atoms with Gasteiger partial charge < -0.3 is 23.5 Å². The molecule has 162 valence electrons. The minimum absolute atomic E-state index is 0.0389. The van der Waals surface area contributed by atoms with E-state index in [9.17, 15) is 14.2 Å². The molecular weight excluding hydrogens is 407 g/mol. The molecule has 0 amide bonds. The van der Waals surface area contributed by atoms with Crippen LogP contribution in [-0.4, -0.2) is 44.6 Å². The molecule has 0 spiro atoms. The molecule has 0 heterocycles. The van der Waals surface area contributed by atoms with Crippen molar-refractivity contribution in [3.05, 3.63) is 47.5 Å². The number of benzene rings is 2. The zero-order valence-electron chi connectivity index (χ0n) is 18.3. The number of hydrogen-bond acceptors (Lipinski definition) is 7. The van der Waals surface area contributed by atoms with Gasteiger partial charge in [-0.2, -0.15) is 0 Å². The highest BCUT2D eigenvalue weighted by atomic mass is 31.2. The molecule has 30 heavy (non-hydrogen) atoms. The first-order chi connectivity index (χ1) is 14.1. The second kappa shape index (κ2) is 8.92. The van der Waals surface area contributed by atoms with Gasteiger partial charge in [0.25, 0.3) is 0 Å². The van der Waals surface area contributed by atoms with Gasteiger partial charge in [-0.1, -0.05) is 32.9 Å². The molecule has 0 fully saturated rings. The molecule has 0 saturated carbocycles. The molecule has 2 rings (SSSR count). The smallest absolute Gasteiger partial charge is 0.236 e. The van der Waals surface area contributed by atoms with Gasteiger partial charge in [-0.25, -0.2) is 0 Å². The molecule has 0 bridgehead atoms. The van der Waals surface area contributed by atoms with E-state index in [-0.39, 0.29) is 34.1 Å². The number of carbonyl (C=O) groups is 2. The van der Waals surface area contributed by atoms with Gasteiger partial charge in [0.15, 0.2) is 0 Å². The summed E-state index contributed by atoms with van der Waals surface area (Å²) in [6.07, 6.45) is 0. The van der Waals surface area contributed by atoms with E-state index in [1.165, 1.54) is 28.4 Å². The number of carbonyl (C=O) groups excluding carboxylic acids is 2. The normalized spacial score (nSPS) is 11.6. The summed E-state index contributed by atoms with van der Waals surface area (Å²) in [7, 11) is 1.26. The summed E-state index contributed by atoms with van der Waals surface area (Å²) >= 11 is 0. The van der Waals surface area contributed by atoms with Crippen LogP contribution in [-0.2, 0) is 4.57 Å². The Hall–Kier alpha value is -2.79. The van der Waals surface area contributed by atoms with Gasteiger partial charge in [0.05, 0.1) is 28.4 Å². The highest BCUT2D eigenvalue weighted by Crippen LogP contribution is 2.64. The maximum Gasteiger partial charge on any atom is 0.236 e. The average Bonchev–Trinajstić information content (AvgIpc) is 2.75. The van der Waals surface area contributed by atoms with Crippen LogP contribution in [0, 0.1) is 0 Å². The second-order valence-corrected chi connectivity index (χ2v) is 10.8. The lowest BCUT2D eigenvalue weighted by Crippen LogP contribution is -2.27. The lowest BCUT2D eigenvalue weighted by atomic mass is 10.2. The molecule has 7 nitrogen and oxygen atoms in total. The summed E-state index contributed by atoms with van der Waals surface area (Å²) in [6, 6.07) is 9.49. The van der Waals surface area contributed by atoms with E-state index in [1.807, 2.05) is 0 Å².